The molecule has 1 aromatic carbocycles. The van der Waals surface area contributed by atoms with Crippen LogP contribution < -0.4 is 5.32 Å². The molecule has 1 amide bonds. The van der Waals surface area contributed by atoms with Gasteiger partial charge >= 0.3 is 0 Å². The van der Waals surface area contributed by atoms with Gasteiger partial charge in [-0.25, -0.2) is 0 Å². The molecule has 0 aliphatic rings. The Morgan fingerprint density at radius 2 is 2.04 bits per heavy atom. The fraction of sp³-hybridized carbons (Fsp3) is 0.235. The molecular formula is C17H17BrClN5O. The Morgan fingerprint density at radius 1 is 1.28 bits per heavy atom. The molecule has 3 aromatic rings. The number of amides is 1. The van der Waals surface area contributed by atoms with Gasteiger partial charge in [-0.3, -0.25) is 14.2 Å². The van der Waals surface area contributed by atoms with Crippen molar-refractivity contribution in [1.29, 1.82) is 0 Å². The number of hydrogen-bond donors (Lipinski definition) is 1. The molecule has 2 heterocycles. The lowest BCUT2D eigenvalue weighted by Gasteiger charge is -2.10. The summed E-state index contributed by atoms with van der Waals surface area (Å²) in [6.07, 6.45) is 5.37. The highest BCUT2D eigenvalue weighted by Gasteiger charge is 2.15. The van der Waals surface area contributed by atoms with Crippen LogP contribution >= 0.6 is 27.5 Å². The van der Waals surface area contributed by atoms with E-state index in [1.807, 2.05) is 43.6 Å². The molecule has 0 fully saturated rings. The smallest absolute Gasteiger partial charge is 0.230 e. The van der Waals surface area contributed by atoms with Gasteiger partial charge in [0.25, 0.3) is 0 Å². The Morgan fingerprint density at radius 3 is 2.72 bits per heavy atom. The third-order valence-electron chi connectivity index (χ3n) is 3.66. The van der Waals surface area contributed by atoms with E-state index >= 15 is 0 Å². The van der Waals surface area contributed by atoms with Crippen LogP contribution in [0.4, 0.5) is 5.82 Å². The zero-order chi connectivity index (χ0) is 17.8. The van der Waals surface area contributed by atoms with Crippen LogP contribution in [0.2, 0.25) is 5.02 Å². The number of carbonyl (C=O) groups is 1. The second-order valence-corrected chi connectivity index (χ2v) is 7.15. The molecule has 130 valence electrons. The molecule has 0 saturated heterocycles. The first-order chi connectivity index (χ1) is 12.0. The van der Waals surface area contributed by atoms with E-state index in [2.05, 4.69) is 31.4 Å². The topological polar surface area (TPSA) is 64.7 Å². The van der Waals surface area contributed by atoms with Gasteiger partial charge in [-0.15, -0.1) is 0 Å². The Hall–Kier alpha value is -2.12. The number of anilines is 1. The van der Waals surface area contributed by atoms with Gasteiger partial charge in [-0.05, 0) is 33.6 Å². The highest BCUT2D eigenvalue weighted by Crippen LogP contribution is 2.13. The third kappa shape index (κ3) is 4.93. The van der Waals surface area contributed by atoms with Crippen molar-refractivity contribution in [2.24, 2.45) is 5.92 Å². The van der Waals surface area contributed by atoms with Gasteiger partial charge in [0.05, 0.1) is 29.7 Å². The zero-order valence-electron chi connectivity index (χ0n) is 13.6. The fourth-order valence-corrected chi connectivity index (χ4v) is 2.80. The predicted molar refractivity (Wildman–Crippen MR) is 101 cm³/mol. The van der Waals surface area contributed by atoms with Crippen molar-refractivity contribution in [3.05, 3.63) is 64.0 Å². The van der Waals surface area contributed by atoms with Gasteiger partial charge in [0, 0.05) is 23.5 Å². The van der Waals surface area contributed by atoms with E-state index in [0.29, 0.717) is 23.9 Å². The number of hydrogen-bond acceptors (Lipinski definition) is 3. The monoisotopic (exact) mass is 421 g/mol. The number of aromatic nitrogens is 4. The molecule has 0 bridgehead atoms. The number of rotatable bonds is 6. The van der Waals surface area contributed by atoms with Crippen LogP contribution in [0.1, 0.15) is 12.5 Å². The first-order valence-corrected chi connectivity index (χ1v) is 8.93. The summed E-state index contributed by atoms with van der Waals surface area (Å²) in [7, 11) is 0. The summed E-state index contributed by atoms with van der Waals surface area (Å²) in [5.41, 5.74) is 1.09. The SMILES string of the molecule is CC(Cn1cc(Br)cn1)C(=O)Nc1ccn(Cc2ccc(Cl)cc2)n1. The molecule has 0 spiro atoms. The Bertz CT molecular complexity index is 858. The van der Waals surface area contributed by atoms with Crippen LogP contribution in [0, 0.1) is 5.92 Å². The summed E-state index contributed by atoms with van der Waals surface area (Å²) in [6, 6.07) is 9.38. The summed E-state index contributed by atoms with van der Waals surface area (Å²) in [6.45, 7) is 2.97. The van der Waals surface area contributed by atoms with E-state index in [0.717, 1.165) is 10.0 Å². The van der Waals surface area contributed by atoms with Crippen LogP contribution in [0.15, 0.2) is 53.4 Å². The standard InChI is InChI=1S/C17H17BrClN5O/c1-12(9-24-11-14(18)8-20-24)17(25)21-16-6-7-23(22-16)10-13-2-4-15(19)5-3-13/h2-8,11-12H,9-10H2,1H3,(H,21,22,25). The minimum atomic E-state index is -0.229. The van der Waals surface area contributed by atoms with E-state index < -0.39 is 0 Å². The van der Waals surface area contributed by atoms with E-state index in [-0.39, 0.29) is 11.8 Å². The number of benzene rings is 1. The van der Waals surface area contributed by atoms with Crippen molar-refractivity contribution in [3.8, 4) is 0 Å². The molecule has 2 aromatic heterocycles. The second kappa shape index (κ2) is 7.84. The lowest BCUT2D eigenvalue weighted by Crippen LogP contribution is -2.24. The molecule has 0 aliphatic heterocycles. The van der Waals surface area contributed by atoms with E-state index in [4.69, 9.17) is 11.6 Å². The molecule has 8 heteroatoms. The van der Waals surface area contributed by atoms with Crippen molar-refractivity contribution in [1.82, 2.24) is 19.6 Å². The molecule has 3 rings (SSSR count). The number of carbonyl (C=O) groups excluding carboxylic acids is 1. The average Bonchev–Trinajstić information content (AvgIpc) is 3.18. The fourth-order valence-electron chi connectivity index (χ4n) is 2.34. The minimum absolute atomic E-state index is 0.0941. The highest BCUT2D eigenvalue weighted by atomic mass is 79.9. The lowest BCUT2D eigenvalue weighted by atomic mass is 10.1. The van der Waals surface area contributed by atoms with Crippen LogP contribution in [-0.4, -0.2) is 25.5 Å². The third-order valence-corrected chi connectivity index (χ3v) is 4.32. The van der Waals surface area contributed by atoms with Gasteiger partial charge in [0.1, 0.15) is 0 Å². The predicted octanol–water partition coefficient (Wildman–Crippen LogP) is 3.82. The first-order valence-electron chi connectivity index (χ1n) is 7.76. The average molecular weight is 423 g/mol. The van der Waals surface area contributed by atoms with E-state index in [1.54, 1.807) is 21.6 Å². The summed E-state index contributed by atoms with van der Waals surface area (Å²) >= 11 is 9.23. The maximum absolute atomic E-state index is 12.3. The molecule has 1 atom stereocenters. The summed E-state index contributed by atoms with van der Waals surface area (Å²) in [5, 5.41) is 12.1. The van der Waals surface area contributed by atoms with E-state index in [9.17, 15) is 4.79 Å². The minimum Gasteiger partial charge on any atom is -0.309 e. The first kappa shape index (κ1) is 17.7. The van der Waals surface area contributed by atoms with Crippen LogP contribution in [0.25, 0.3) is 0 Å². The number of halogens is 2. The van der Waals surface area contributed by atoms with Crippen molar-refractivity contribution >= 4 is 39.3 Å². The van der Waals surface area contributed by atoms with Crippen molar-refractivity contribution in [2.75, 3.05) is 5.32 Å². The quantitative estimate of drug-likeness (QED) is 0.657. The summed E-state index contributed by atoms with van der Waals surface area (Å²) < 4.78 is 4.39. The van der Waals surface area contributed by atoms with Crippen molar-refractivity contribution < 1.29 is 4.79 Å². The molecule has 6 nitrogen and oxygen atoms in total. The van der Waals surface area contributed by atoms with E-state index in [1.165, 1.54) is 0 Å². The molecule has 1 N–H and O–H groups in total. The summed E-state index contributed by atoms with van der Waals surface area (Å²) in [5.74, 6) is 0.212. The molecule has 0 saturated carbocycles. The Kier molecular flexibility index (Phi) is 5.55. The van der Waals surface area contributed by atoms with Gasteiger partial charge in [0.2, 0.25) is 5.91 Å². The van der Waals surface area contributed by atoms with Gasteiger partial charge in [0.15, 0.2) is 5.82 Å². The zero-order valence-corrected chi connectivity index (χ0v) is 15.9. The number of nitrogens with one attached hydrogen (secondary N) is 1. The maximum atomic E-state index is 12.3. The van der Waals surface area contributed by atoms with Crippen molar-refractivity contribution in [3.63, 3.8) is 0 Å². The normalized spacial score (nSPS) is 12.1. The highest BCUT2D eigenvalue weighted by molar-refractivity contribution is 9.10. The molecule has 1 unspecified atom stereocenters. The van der Waals surface area contributed by atoms with Crippen LogP contribution in [0.5, 0.6) is 0 Å². The lowest BCUT2D eigenvalue weighted by molar-refractivity contribution is -0.119. The molecular weight excluding hydrogens is 406 g/mol. The largest absolute Gasteiger partial charge is 0.309 e. The van der Waals surface area contributed by atoms with Crippen LogP contribution in [0.3, 0.4) is 0 Å². The van der Waals surface area contributed by atoms with Crippen LogP contribution in [-0.2, 0) is 17.9 Å². The number of nitrogens with zero attached hydrogens (tertiary/aromatic N) is 4. The molecule has 25 heavy (non-hydrogen) atoms. The van der Waals surface area contributed by atoms with Crippen molar-refractivity contribution in [2.45, 2.75) is 20.0 Å². The molecule has 0 radical (unpaired) electrons. The second-order valence-electron chi connectivity index (χ2n) is 5.80. The Balaban J connectivity index is 1.56. The maximum Gasteiger partial charge on any atom is 0.230 e. The Labute approximate surface area is 158 Å². The van der Waals surface area contributed by atoms with Gasteiger partial charge < -0.3 is 5.32 Å². The van der Waals surface area contributed by atoms with Gasteiger partial charge in [-0.1, -0.05) is 30.7 Å². The van der Waals surface area contributed by atoms with Gasteiger partial charge in [-0.2, -0.15) is 10.2 Å². The molecule has 0 aliphatic carbocycles. The summed E-state index contributed by atoms with van der Waals surface area (Å²) in [4.78, 5) is 12.3.